The second-order valence-electron chi connectivity index (χ2n) is 5.08. The Morgan fingerprint density at radius 2 is 1.74 bits per heavy atom. The number of aliphatic hydroxyl groups excluding tert-OH is 2. The first-order valence-corrected chi connectivity index (χ1v) is 6.51. The number of aliphatic hydroxyl groups is 2. The summed E-state index contributed by atoms with van der Waals surface area (Å²) in [5, 5.41) is 22.8. The third kappa shape index (κ3) is 4.33. The molecular weight excluding hydrogens is 242 g/mol. The molecule has 0 aliphatic rings. The van der Waals surface area contributed by atoms with E-state index >= 15 is 0 Å². The zero-order chi connectivity index (χ0) is 14.6. The highest BCUT2D eigenvalue weighted by atomic mass is 16.3. The third-order valence-electron chi connectivity index (χ3n) is 3.38. The number of hydrogen-bond acceptors (Lipinski definition) is 3. The van der Waals surface area contributed by atoms with E-state index in [1.165, 1.54) is 12.5 Å². The van der Waals surface area contributed by atoms with Gasteiger partial charge in [0.05, 0.1) is 6.10 Å². The first-order chi connectivity index (χ1) is 8.82. The Kier molecular flexibility index (Phi) is 5.51. The van der Waals surface area contributed by atoms with E-state index in [1.807, 2.05) is 32.9 Å². The lowest BCUT2D eigenvalue weighted by molar-refractivity contribution is -0.119. The van der Waals surface area contributed by atoms with Crippen molar-refractivity contribution in [3.63, 3.8) is 0 Å². The number of rotatable bonds is 5. The molecule has 1 rings (SSSR count). The number of amides is 1. The van der Waals surface area contributed by atoms with E-state index in [1.54, 1.807) is 0 Å². The maximum absolute atomic E-state index is 10.7. The van der Waals surface area contributed by atoms with Gasteiger partial charge in [-0.25, -0.2) is 0 Å². The lowest BCUT2D eigenvalue weighted by Crippen LogP contribution is -2.28. The highest BCUT2D eigenvalue weighted by molar-refractivity contribution is 5.72. The molecule has 106 valence electrons. The summed E-state index contributed by atoms with van der Waals surface area (Å²) in [5.74, 6) is -0.135. The highest BCUT2D eigenvalue weighted by Crippen LogP contribution is 2.25. The first-order valence-electron chi connectivity index (χ1n) is 6.51. The van der Waals surface area contributed by atoms with Crippen LogP contribution in [0.3, 0.4) is 0 Å². The normalized spacial score (nSPS) is 14.0. The van der Waals surface area contributed by atoms with Gasteiger partial charge in [-0.15, -0.1) is 0 Å². The van der Waals surface area contributed by atoms with E-state index < -0.39 is 12.2 Å². The van der Waals surface area contributed by atoms with Crippen LogP contribution in [-0.2, 0) is 4.79 Å². The zero-order valence-electron chi connectivity index (χ0n) is 12.0. The van der Waals surface area contributed by atoms with Crippen molar-refractivity contribution in [2.24, 2.45) is 0 Å². The molecule has 0 fully saturated rings. The summed E-state index contributed by atoms with van der Waals surface area (Å²) in [4.78, 5) is 10.7. The standard InChI is InChI=1S/C15H23NO3/c1-9-7-11(3)13(8-10(9)2)15(19)14(18)5-6-16-12(4)17/h7-8,14-15,18-19H,5-6H2,1-4H3,(H,16,17). The fourth-order valence-corrected chi connectivity index (χ4v) is 2.06. The molecule has 0 spiro atoms. The van der Waals surface area contributed by atoms with Gasteiger partial charge in [0.15, 0.2) is 0 Å². The van der Waals surface area contributed by atoms with Gasteiger partial charge < -0.3 is 15.5 Å². The Hall–Kier alpha value is -1.39. The van der Waals surface area contributed by atoms with E-state index in [0.29, 0.717) is 13.0 Å². The van der Waals surface area contributed by atoms with Gasteiger partial charge in [0.2, 0.25) is 5.91 Å². The summed E-state index contributed by atoms with van der Waals surface area (Å²) in [6, 6.07) is 3.92. The minimum absolute atomic E-state index is 0.135. The number of carbonyl (C=O) groups excluding carboxylic acids is 1. The first kappa shape index (κ1) is 15.7. The van der Waals surface area contributed by atoms with Crippen LogP contribution >= 0.6 is 0 Å². The topological polar surface area (TPSA) is 69.6 Å². The molecule has 2 atom stereocenters. The lowest BCUT2D eigenvalue weighted by atomic mass is 9.94. The predicted octanol–water partition coefficient (Wildman–Crippen LogP) is 1.53. The molecule has 0 aliphatic heterocycles. The van der Waals surface area contributed by atoms with Gasteiger partial charge in [0.25, 0.3) is 0 Å². The van der Waals surface area contributed by atoms with Crippen LogP contribution in [-0.4, -0.2) is 28.8 Å². The molecule has 19 heavy (non-hydrogen) atoms. The summed E-state index contributed by atoms with van der Waals surface area (Å²) in [7, 11) is 0. The Balaban J connectivity index is 2.73. The number of carbonyl (C=O) groups is 1. The van der Waals surface area contributed by atoms with Crippen molar-refractivity contribution in [3.8, 4) is 0 Å². The van der Waals surface area contributed by atoms with E-state index in [-0.39, 0.29) is 5.91 Å². The minimum atomic E-state index is -0.923. The maximum Gasteiger partial charge on any atom is 0.216 e. The summed E-state index contributed by atoms with van der Waals surface area (Å²) < 4.78 is 0. The van der Waals surface area contributed by atoms with Gasteiger partial charge in [-0.1, -0.05) is 12.1 Å². The Morgan fingerprint density at radius 1 is 1.16 bits per heavy atom. The molecule has 1 aromatic carbocycles. The fourth-order valence-electron chi connectivity index (χ4n) is 2.06. The molecule has 0 radical (unpaired) electrons. The monoisotopic (exact) mass is 265 g/mol. The van der Waals surface area contributed by atoms with E-state index in [2.05, 4.69) is 5.32 Å². The Bertz CT molecular complexity index is 457. The van der Waals surface area contributed by atoms with Crippen molar-refractivity contribution in [2.75, 3.05) is 6.54 Å². The summed E-state index contributed by atoms with van der Waals surface area (Å²) >= 11 is 0. The number of nitrogens with one attached hydrogen (secondary N) is 1. The van der Waals surface area contributed by atoms with Crippen molar-refractivity contribution < 1.29 is 15.0 Å². The number of aryl methyl sites for hydroxylation is 3. The van der Waals surface area contributed by atoms with Crippen LogP contribution in [0.4, 0.5) is 0 Å². The van der Waals surface area contributed by atoms with E-state index in [0.717, 1.165) is 16.7 Å². The van der Waals surface area contributed by atoms with E-state index in [4.69, 9.17) is 0 Å². The summed E-state index contributed by atoms with van der Waals surface area (Å²) in [5.41, 5.74) is 3.97. The summed E-state index contributed by atoms with van der Waals surface area (Å²) in [6.07, 6.45) is -1.48. The zero-order valence-corrected chi connectivity index (χ0v) is 12.0. The molecule has 0 heterocycles. The molecule has 0 aliphatic carbocycles. The van der Waals surface area contributed by atoms with Crippen LogP contribution in [0.25, 0.3) is 0 Å². The Morgan fingerprint density at radius 3 is 2.32 bits per heavy atom. The third-order valence-corrected chi connectivity index (χ3v) is 3.38. The largest absolute Gasteiger partial charge is 0.390 e. The SMILES string of the molecule is CC(=O)NCCC(O)C(O)c1cc(C)c(C)cc1C. The van der Waals surface area contributed by atoms with Crippen LogP contribution in [0.15, 0.2) is 12.1 Å². The quantitative estimate of drug-likeness (QED) is 0.756. The minimum Gasteiger partial charge on any atom is -0.390 e. The van der Waals surface area contributed by atoms with Gasteiger partial charge in [-0.2, -0.15) is 0 Å². The Labute approximate surface area is 114 Å². The van der Waals surface area contributed by atoms with Crippen LogP contribution in [0.5, 0.6) is 0 Å². The molecule has 0 aromatic heterocycles. The predicted molar refractivity (Wildman–Crippen MR) is 74.9 cm³/mol. The smallest absolute Gasteiger partial charge is 0.216 e. The van der Waals surface area contributed by atoms with Gasteiger partial charge in [-0.3, -0.25) is 4.79 Å². The fraction of sp³-hybridized carbons (Fsp3) is 0.533. The van der Waals surface area contributed by atoms with Crippen molar-refractivity contribution >= 4 is 5.91 Å². The maximum atomic E-state index is 10.7. The van der Waals surface area contributed by atoms with Gasteiger partial charge >= 0.3 is 0 Å². The van der Waals surface area contributed by atoms with Crippen molar-refractivity contribution in [3.05, 3.63) is 34.4 Å². The average molecular weight is 265 g/mol. The molecule has 1 aromatic rings. The second-order valence-corrected chi connectivity index (χ2v) is 5.08. The van der Waals surface area contributed by atoms with Gasteiger partial charge in [-0.05, 0) is 49.4 Å². The van der Waals surface area contributed by atoms with Gasteiger partial charge in [0, 0.05) is 13.5 Å². The highest BCUT2D eigenvalue weighted by Gasteiger charge is 2.20. The van der Waals surface area contributed by atoms with Gasteiger partial charge in [0.1, 0.15) is 6.10 Å². The molecule has 0 saturated carbocycles. The van der Waals surface area contributed by atoms with Crippen LogP contribution in [0.2, 0.25) is 0 Å². The molecule has 4 heteroatoms. The van der Waals surface area contributed by atoms with Crippen LogP contribution in [0.1, 0.15) is 41.7 Å². The second kappa shape index (κ2) is 6.68. The lowest BCUT2D eigenvalue weighted by Gasteiger charge is -2.21. The van der Waals surface area contributed by atoms with Crippen molar-refractivity contribution in [2.45, 2.75) is 46.3 Å². The molecule has 2 unspecified atom stereocenters. The summed E-state index contributed by atoms with van der Waals surface area (Å²) in [6.45, 7) is 7.71. The van der Waals surface area contributed by atoms with Crippen molar-refractivity contribution in [1.29, 1.82) is 0 Å². The molecule has 4 nitrogen and oxygen atoms in total. The van der Waals surface area contributed by atoms with Crippen molar-refractivity contribution in [1.82, 2.24) is 5.32 Å². The average Bonchev–Trinajstić information content (AvgIpc) is 2.32. The molecule has 0 saturated heterocycles. The molecule has 1 amide bonds. The molecule has 3 N–H and O–H groups in total. The number of hydrogen-bond donors (Lipinski definition) is 3. The molecular formula is C15H23NO3. The van der Waals surface area contributed by atoms with Crippen LogP contribution < -0.4 is 5.32 Å². The van der Waals surface area contributed by atoms with E-state index in [9.17, 15) is 15.0 Å². The molecule has 0 bridgehead atoms. The number of benzene rings is 1. The van der Waals surface area contributed by atoms with Crippen LogP contribution in [0, 0.1) is 20.8 Å².